The predicted molar refractivity (Wildman–Crippen MR) is 87.2 cm³/mol. The highest BCUT2D eigenvalue weighted by Crippen LogP contribution is 2.30. The van der Waals surface area contributed by atoms with E-state index in [0.717, 1.165) is 44.1 Å². The quantitative estimate of drug-likeness (QED) is 0.629. The summed E-state index contributed by atoms with van der Waals surface area (Å²) >= 11 is 0. The second kappa shape index (κ2) is 9.19. The minimum Gasteiger partial charge on any atom is -0.388 e. The van der Waals surface area contributed by atoms with Gasteiger partial charge >= 0.3 is 0 Å². The number of benzene rings is 1. The van der Waals surface area contributed by atoms with Crippen LogP contribution in [0.4, 0.5) is 0 Å². The zero-order valence-corrected chi connectivity index (χ0v) is 13.8. The molecule has 21 heavy (non-hydrogen) atoms. The van der Waals surface area contributed by atoms with E-state index in [1.54, 1.807) is 0 Å². The van der Waals surface area contributed by atoms with Crippen LogP contribution in [-0.2, 0) is 6.54 Å². The molecule has 120 valence electrons. The lowest BCUT2D eigenvalue weighted by Gasteiger charge is -2.40. The normalized spacial score (nSPS) is 13.6. The maximum atomic E-state index is 11.0. The monoisotopic (exact) mass is 293 g/mol. The fourth-order valence-electron chi connectivity index (χ4n) is 3.17. The number of hydrogen-bond donors (Lipinski definition) is 2. The van der Waals surface area contributed by atoms with E-state index in [0.29, 0.717) is 6.54 Å². The number of aliphatic hydroxyl groups is 1. The molecule has 0 aromatic heterocycles. The molecular formula is C18H31NO2. The molecule has 1 aromatic carbocycles. The van der Waals surface area contributed by atoms with Gasteiger partial charge in [-0.15, -0.1) is 0 Å². The van der Waals surface area contributed by atoms with Crippen LogP contribution in [0.5, 0.6) is 0 Å². The van der Waals surface area contributed by atoms with Crippen molar-refractivity contribution in [1.82, 2.24) is 5.06 Å². The first-order valence-corrected chi connectivity index (χ1v) is 8.29. The van der Waals surface area contributed by atoms with Crippen LogP contribution in [0.1, 0.15) is 64.9 Å². The summed E-state index contributed by atoms with van der Waals surface area (Å²) in [6, 6.07) is 9.72. The van der Waals surface area contributed by atoms with Crippen LogP contribution >= 0.6 is 0 Å². The maximum absolute atomic E-state index is 11.0. The molecule has 0 aliphatic heterocycles. The minimum atomic E-state index is -0.803. The van der Waals surface area contributed by atoms with E-state index in [4.69, 9.17) is 0 Å². The van der Waals surface area contributed by atoms with Crippen LogP contribution in [-0.4, -0.2) is 27.0 Å². The number of hydroxylamine groups is 2. The smallest absolute Gasteiger partial charge is 0.0825 e. The predicted octanol–water partition coefficient (Wildman–Crippen LogP) is 4.38. The van der Waals surface area contributed by atoms with E-state index in [1.807, 2.05) is 30.3 Å². The molecule has 0 radical (unpaired) electrons. The van der Waals surface area contributed by atoms with Crippen molar-refractivity contribution in [2.75, 3.05) is 0 Å². The molecule has 0 aliphatic rings. The SMILES string of the molecule is CCCC(N(O)Cc1ccccc1)C(O)(CCC)CCC. The van der Waals surface area contributed by atoms with Gasteiger partial charge in [0, 0.05) is 6.54 Å². The highest BCUT2D eigenvalue weighted by atomic mass is 16.5. The zero-order valence-electron chi connectivity index (χ0n) is 13.8. The molecule has 1 unspecified atom stereocenters. The molecule has 3 heteroatoms. The molecule has 0 fully saturated rings. The molecular weight excluding hydrogens is 262 g/mol. The standard InChI is InChI=1S/C18H31NO2/c1-4-10-17(18(20,13-5-2)14-6-3)19(21)15-16-11-8-7-9-12-16/h7-9,11-12,17,20-21H,4-6,10,13-15H2,1-3H3. The van der Waals surface area contributed by atoms with E-state index >= 15 is 0 Å². The highest BCUT2D eigenvalue weighted by Gasteiger charge is 2.38. The molecule has 3 nitrogen and oxygen atoms in total. The van der Waals surface area contributed by atoms with Gasteiger partial charge in [-0.05, 0) is 24.8 Å². The lowest BCUT2D eigenvalue weighted by molar-refractivity contribution is -0.198. The van der Waals surface area contributed by atoms with Gasteiger partial charge in [0.25, 0.3) is 0 Å². The van der Waals surface area contributed by atoms with Crippen molar-refractivity contribution >= 4 is 0 Å². The second-order valence-corrected chi connectivity index (χ2v) is 5.99. The van der Waals surface area contributed by atoms with E-state index in [2.05, 4.69) is 20.8 Å². The Balaban J connectivity index is 2.86. The van der Waals surface area contributed by atoms with Gasteiger partial charge in [0.1, 0.15) is 0 Å². The number of hydrogen-bond acceptors (Lipinski definition) is 3. The maximum Gasteiger partial charge on any atom is 0.0825 e. The van der Waals surface area contributed by atoms with E-state index in [-0.39, 0.29) is 6.04 Å². The third kappa shape index (κ3) is 5.42. The Kier molecular flexibility index (Phi) is 7.94. The summed E-state index contributed by atoms with van der Waals surface area (Å²) in [6.45, 7) is 6.73. The Morgan fingerprint density at radius 1 is 1.00 bits per heavy atom. The first-order valence-electron chi connectivity index (χ1n) is 8.29. The molecule has 0 amide bonds. The van der Waals surface area contributed by atoms with Gasteiger partial charge in [0.2, 0.25) is 0 Å². The zero-order chi connectivity index (χ0) is 15.7. The molecule has 0 bridgehead atoms. The molecule has 0 saturated carbocycles. The molecule has 2 N–H and O–H groups in total. The van der Waals surface area contributed by atoms with Crippen molar-refractivity contribution in [2.45, 2.75) is 77.5 Å². The van der Waals surface area contributed by atoms with E-state index in [9.17, 15) is 10.3 Å². The van der Waals surface area contributed by atoms with Crippen LogP contribution in [0.25, 0.3) is 0 Å². The summed E-state index contributed by atoms with van der Waals surface area (Å²) in [5.41, 5.74) is 0.264. The van der Waals surface area contributed by atoms with Gasteiger partial charge in [0.15, 0.2) is 0 Å². The Morgan fingerprint density at radius 3 is 2.05 bits per heavy atom. The summed E-state index contributed by atoms with van der Waals surface area (Å²) in [6.07, 6.45) is 5.08. The molecule has 0 saturated heterocycles. The molecule has 1 aromatic rings. The van der Waals surface area contributed by atoms with E-state index in [1.165, 1.54) is 5.06 Å². The Bertz CT molecular complexity index is 374. The van der Waals surface area contributed by atoms with Gasteiger partial charge in [-0.2, -0.15) is 5.06 Å². The summed E-state index contributed by atoms with van der Waals surface area (Å²) < 4.78 is 0. The lowest BCUT2D eigenvalue weighted by atomic mass is 9.82. The van der Waals surface area contributed by atoms with E-state index < -0.39 is 5.60 Å². The lowest BCUT2D eigenvalue weighted by Crippen LogP contribution is -2.51. The third-order valence-corrected chi connectivity index (χ3v) is 4.10. The van der Waals surface area contributed by atoms with Gasteiger partial charge in [0.05, 0.1) is 11.6 Å². The molecule has 0 aliphatic carbocycles. The summed E-state index contributed by atoms with van der Waals surface area (Å²) in [4.78, 5) is 0. The molecule has 1 atom stereocenters. The fraction of sp³-hybridized carbons (Fsp3) is 0.667. The van der Waals surface area contributed by atoms with Crippen molar-refractivity contribution in [3.8, 4) is 0 Å². The Labute approximate surface area is 129 Å². The van der Waals surface area contributed by atoms with Gasteiger partial charge in [-0.3, -0.25) is 0 Å². The number of rotatable bonds is 10. The summed E-state index contributed by atoms with van der Waals surface area (Å²) in [5.74, 6) is 0. The molecule has 0 spiro atoms. The van der Waals surface area contributed by atoms with Crippen molar-refractivity contribution in [2.24, 2.45) is 0 Å². The minimum absolute atomic E-state index is 0.206. The first-order chi connectivity index (χ1) is 10.1. The van der Waals surface area contributed by atoms with Gasteiger partial charge < -0.3 is 10.3 Å². The second-order valence-electron chi connectivity index (χ2n) is 5.99. The van der Waals surface area contributed by atoms with Crippen LogP contribution < -0.4 is 0 Å². The summed E-state index contributed by atoms with van der Waals surface area (Å²) in [7, 11) is 0. The summed E-state index contributed by atoms with van der Waals surface area (Å²) in [5, 5.41) is 23.0. The molecule has 1 rings (SSSR count). The largest absolute Gasteiger partial charge is 0.388 e. The first kappa shape index (κ1) is 18.1. The van der Waals surface area contributed by atoms with Crippen molar-refractivity contribution in [1.29, 1.82) is 0 Å². The van der Waals surface area contributed by atoms with Crippen LogP contribution in [0.2, 0.25) is 0 Å². The van der Waals surface area contributed by atoms with Gasteiger partial charge in [-0.25, -0.2) is 0 Å². The third-order valence-electron chi connectivity index (χ3n) is 4.10. The van der Waals surface area contributed by atoms with Crippen molar-refractivity contribution in [3.05, 3.63) is 35.9 Å². The molecule has 0 heterocycles. The average Bonchev–Trinajstić information content (AvgIpc) is 2.46. The van der Waals surface area contributed by atoms with Crippen LogP contribution in [0, 0.1) is 0 Å². The van der Waals surface area contributed by atoms with Gasteiger partial charge in [-0.1, -0.05) is 70.4 Å². The fourth-order valence-corrected chi connectivity index (χ4v) is 3.17. The number of nitrogens with zero attached hydrogens (tertiary/aromatic N) is 1. The Morgan fingerprint density at radius 2 is 1.57 bits per heavy atom. The topological polar surface area (TPSA) is 43.7 Å². The van der Waals surface area contributed by atoms with Crippen molar-refractivity contribution < 1.29 is 10.3 Å². The van der Waals surface area contributed by atoms with Crippen molar-refractivity contribution in [3.63, 3.8) is 0 Å². The highest BCUT2D eigenvalue weighted by molar-refractivity contribution is 5.14. The average molecular weight is 293 g/mol. The Hall–Kier alpha value is -0.900. The van der Waals surface area contributed by atoms with Crippen LogP contribution in [0.3, 0.4) is 0 Å². The van der Waals surface area contributed by atoms with Crippen LogP contribution in [0.15, 0.2) is 30.3 Å².